The molecule has 5 rings (SSSR count). The van der Waals surface area contributed by atoms with Crippen molar-refractivity contribution in [2.75, 3.05) is 13.1 Å². The maximum absolute atomic E-state index is 11.5. The maximum Gasteiger partial charge on any atom is 0.0751 e. The summed E-state index contributed by atoms with van der Waals surface area (Å²) >= 11 is 0. The summed E-state index contributed by atoms with van der Waals surface area (Å²) in [5.41, 5.74) is 7.52. The van der Waals surface area contributed by atoms with Gasteiger partial charge < -0.3 is 10.8 Å². The lowest BCUT2D eigenvalue weighted by Gasteiger charge is -2.61. The Morgan fingerprint density at radius 3 is 2.43 bits per heavy atom. The van der Waals surface area contributed by atoms with Gasteiger partial charge in [0, 0.05) is 11.7 Å². The SMILES string of the molecule is C=C(N)CC1CC[C@@]2(C)C(CC[C@@H]3[C@H]2CC[C@]2(C)C(O)C(N4CCCCC4)C[C@@H]32)C1. The van der Waals surface area contributed by atoms with E-state index in [-0.39, 0.29) is 11.5 Å². The van der Waals surface area contributed by atoms with Crippen molar-refractivity contribution in [2.45, 2.75) is 103 Å². The Morgan fingerprint density at radius 2 is 1.70 bits per heavy atom. The highest BCUT2D eigenvalue weighted by Crippen LogP contribution is 2.67. The number of aliphatic hydroxyl groups excluding tert-OH is 1. The molecule has 4 unspecified atom stereocenters. The van der Waals surface area contributed by atoms with E-state index < -0.39 is 0 Å². The average molecular weight is 415 g/mol. The molecule has 5 aliphatic rings. The smallest absolute Gasteiger partial charge is 0.0751 e. The normalized spacial score (nSPS) is 51.6. The van der Waals surface area contributed by atoms with Crippen molar-refractivity contribution in [3.8, 4) is 0 Å². The number of rotatable bonds is 3. The van der Waals surface area contributed by atoms with Gasteiger partial charge in [0.15, 0.2) is 0 Å². The Bertz CT molecular complexity index is 657. The molecule has 0 amide bonds. The fraction of sp³-hybridized carbons (Fsp3) is 0.926. The van der Waals surface area contributed by atoms with Crippen LogP contribution in [0.5, 0.6) is 0 Å². The van der Waals surface area contributed by atoms with Crippen LogP contribution in [-0.4, -0.2) is 35.2 Å². The summed E-state index contributed by atoms with van der Waals surface area (Å²) in [6, 6.07) is 0.427. The number of likely N-dealkylation sites (tertiary alicyclic amines) is 1. The van der Waals surface area contributed by atoms with E-state index in [9.17, 15) is 5.11 Å². The minimum Gasteiger partial charge on any atom is -0.403 e. The second-order valence-corrected chi connectivity index (χ2v) is 12.5. The molecular formula is C27H46N2O. The van der Waals surface area contributed by atoms with E-state index in [1.54, 1.807) is 0 Å². The summed E-state index contributed by atoms with van der Waals surface area (Å²) in [4.78, 5) is 2.67. The summed E-state index contributed by atoms with van der Waals surface area (Å²) in [6.07, 6.45) is 15.7. The quantitative estimate of drug-likeness (QED) is 0.656. The molecule has 170 valence electrons. The largest absolute Gasteiger partial charge is 0.403 e. The predicted octanol–water partition coefficient (Wildman–Crippen LogP) is 5.33. The fourth-order valence-corrected chi connectivity index (χ4v) is 9.49. The Labute approximate surface area is 184 Å². The van der Waals surface area contributed by atoms with Crippen molar-refractivity contribution in [2.24, 2.45) is 46.2 Å². The summed E-state index contributed by atoms with van der Waals surface area (Å²) in [5, 5.41) is 11.5. The summed E-state index contributed by atoms with van der Waals surface area (Å²) in [6.45, 7) is 11.5. The number of aliphatic hydroxyl groups is 1. The zero-order valence-corrected chi connectivity index (χ0v) is 19.6. The van der Waals surface area contributed by atoms with Crippen molar-refractivity contribution in [3.05, 3.63) is 12.3 Å². The zero-order valence-electron chi connectivity index (χ0n) is 19.6. The minimum absolute atomic E-state index is 0.113. The highest BCUT2D eigenvalue weighted by molar-refractivity contribution is 5.13. The van der Waals surface area contributed by atoms with Gasteiger partial charge in [-0.3, -0.25) is 4.90 Å². The molecule has 4 aliphatic carbocycles. The molecule has 3 nitrogen and oxygen atoms in total. The first kappa shape index (κ1) is 21.3. The van der Waals surface area contributed by atoms with Crippen molar-refractivity contribution in [3.63, 3.8) is 0 Å². The van der Waals surface area contributed by atoms with E-state index >= 15 is 0 Å². The Hall–Kier alpha value is -0.540. The lowest BCUT2D eigenvalue weighted by atomic mass is 9.44. The number of fused-ring (bicyclic) bond motifs is 5. The molecular weight excluding hydrogens is 368 g/mol. The Kier molecular flexibility index (Phi) is 5.54. The number of hydrogen-bond acceptors (Lipinski definition) is 3. The molecule has 0 aromatic rings. The number of allylic oxidation sites excluding steroid dienone is 1. The molecule has 0 aromatic carbocycles. The molecule has 0 spiro atoms. The highest BCUT2D eigenvalue weighted by atomic mass is 16.3. The van der Waals surface area contributed by atoms with E-state index in [2.05, 4.69) is 25.3 Å². The van der Waals surface area contributed by atoms with Crippen LogP contribution < -0.4 is 5.73 Å². The van der Waals surface area contributed by atoms with Gasteiger partial charge in [0.25, 0.3) is 0 Å². The first-order valence-electron chi connectivity index (χ1n) is 13.2. The van der Waals surface area contributed by atoms with Crippen LogP contribution in [0.25, 0.3) is 0 Å². The van der Waals surface area contributed by atoms with E-state index in [0.717, 1.165) is 41.7 Å². The topological polar surface area (TPSA) is 49.5 Å². The van der Waals surface area contributed by atoms with Crippen molar-refractivity contribution < 1.29 is 5.11 Å². The van der Waals surface area contributed by atoms with E-state index in [0.29, 0.717) is 11.5 Å². The number of hydrogen-bond donors (Lipinski definition) is 2. The third-order valence-corrected chi connectivity index (χ3v) is 11.2. The van der Waals surface area contributed by atoms with Crippen LogP contribution in [0, 0.1) is 40.4 Å². The molecule has 1 saturated heterocycles. The van der Waals surface area contributed by atoms with Crippen molar-refractivity contribution >= 4 is 0 Å². The summed E-state index contributed by atoms with van der Waals surface area (Å²) in [5.74, 6) is 4.10. The van der Waals surface area contributed by atoms with Gasteiger partial charge >= 0.3 is 0 Å². The molecule has 0 bridgehead atoms. The minimum atomic E-state index is -0.113. The number of nitrogens with two attached hydrogens (primary N) is 1. The van der Waals surface area contributed by atoms with Crippen molar-refractivity contribution in [1.82, 2.24) is 4.90 Å². The van der Waals surface area contributed by atoms with E-state index in [4.69, 9.17) is 5.73 Å². The molecule has 9 atom stereocenters. The van der Waals surface area contributed by atoms with Crippen LogP contribution in [0.3, 0.4) is 0 Å². The van der Waals surface area contributed by atoms with Gasteiger partial charge in [-0.05, 0) is 124 Å². The van der Waals surface area contributed by atoms with Crippen molar-refractivity contribution in [1.29, 1.82) is 0 Å². The Balaban J connectivity index is 1.34. The second-order valence-electron chi connectivity index (χ2n) is 12.5. The van der Waals surface area contributed by atoms with Crippen LogP contribution in [0.1, 0.15) is 90.9 Å². The van der Waals surface area contributed by atoms with Gasteiger partial charge in [-0.2, -0.15) is 0 Å². The molecule has 4 saturated carbocycles. The molecule has 1 aliphatic heterocycles. The van der Waals surface area contributed by atoms with Crippen LogP contribution in [0.2, 0.25) is 0 Å². The lowest BCUT2D eigenvalue weighted by molar-refractivity contribution is -0.128. The number of nitrogens with zero attached hydrogens (tertiary/aromatic N) is 1. The molecule has 1 heterocycles. The molecule has 3 heteroatoms. The van der Waals surface area contributed by atoms with Gasteiger partial charge in [-0.25, -0.2) is 0 Å². The number of piperidine rings is 1. The average Bonchev–Trinajstić information content (AvgIpc) is 3.00. The van der Waals surface area contributed by atoms with Gasteiger partial charge in [0.1, 0.15) is 0 Å². The van der Waals surface area contributed by atoms with Gasteiger partial charge in [0.05, 0.1) is 6.10 Å². The molecule has 3 N–H and O–H groups in total. The molecule has 30 heavy (non-hydrogen) atoms. The van der Waals surface area contributed by atoms with E-state index in [1.165, 1.54) is 83.7 Å². The molecule has 5 fully saturated rings. The lowest BCUT2D eigenvalue weighted by Crippen LogP contribution is -2.54. The molecule has 0 aromatic heterocycles. The molecule has 0 radical (unpaired) electrons. The summed E-state index contributed by atoms with van der Waals surface area (Å²) in [7, 11) is 0. The maximum atomic E-state index is 11.5. The third kappa shape index (κ3) is 3.29. The van der Waals surface area contributed by atoms with Gasteiger partial charge in [0.2, 0.25) is 0 Å². The monoisotopic (exact) mass is 414 g/mol. The van der Waals surface area contributed by atoms with Crippen LogP contribution >= 0.6 is 0 Å². The standard InChI is InChI=1S/C27H46N2O/c1-18(28)15-19-9-11-26(2)20(16-19)7-8-21-22(26)10-12-27(3)23(21)17-24(25(27)30)29-13-5-4-6-14-29/h19-25,30H,1,4-17,28H2,2-3H3/t19?,20?,21-,22-,23+,24?,25?,26+,27+/m1/s1. The van der Waals surface area contributed by atoms with Crippen LogP contribution in [0.15, 0.2) is 12.3 Å². The highest BCUT2D eigenvalue weighted by Gasteiger charge is 2.62. The first-order valence-corrected chi connectivity index (χ1v) is 13.2. The van der Waals surface area contributed by atoms with Crippen LogP contribution in [0.4, 0.5) is 0 Å². The van der Waals surface area contributed by atoms with E-state index in [1.807, 2.05) is 0 Å². The second kappa shape index (κ2) is 7.80. The van der Waals surface area contributed by atoms with Crippen LogP contribution in [-0.2, 0) is 0 Å². The third-order valence-electron chi connectivity index (χ3n) is 11.2. The predicted molar refractivity (Wildman–Crippen MR) is 124 cm³/mol. The summed E-state index contributed by atoms with van der Waals surface area (Å²) < 4.78 is 0. The van der Waals surface area contributed by atoms with Gasteiger partial charge in [-0.15, -0.1) is 0 Å². The Morgan fingerprint density at radius 1 is 0.967 bits per heavy atom. The zero-order chi connectivity index (χ0) is 21.1. The fourth-order valence-electron chi connectivity index (χ4n) is 9.49. The first-order chi connectivity index (χ1) is 14.3. The van der Waals surface area contributed by atoms with Gasteiger partial charge in [-0.1, -0.05) is 26.8 Å².